The topological polar surface area (TPSA) is 104 Å². The third kappa shape index (κ3) is 3.23. The molecular formula is C28H11F3N8. The minimum atomic E-state index is -4.56. The van der Waals surface area contributed by atoms with Gasteiger partial charge in [-0.25, -0.2) is 19.9 Å². The Hall–Kier alpha value is -5.55. The number of aryl methyl sites for hydroxylation is 1. The predicted octanol–water partition coefficient (Wildman–Crippen LogP) is 5.51. The Morgan fingerprint density at radius 3 is 1.85 bits per heavy atom. The highest BCUT2D eigenvalue weighted by Gasteiger charge is 2.31. The normalized spacial score (nSPS) is 13.4. The molecular weight excluding hydrogens is 505 g/mol. The van der Waals surface area contributed by atoms with Crippen molar-refractivity contribution in [2.75, 3.05) is 0 Å². The first-order valence-electron chi connectivity index (χ1n) is 11.6. The van der Waals surface area contributed by atoms with Gasteiger partial charge in [0.25, 0.3) is 0 Å². The van der Waals surface area contributed by atoms with E-state index in [2.05, 4.69) is 20.0 Å². The lowest BCUT2D eigenvalue weighted by molar-refractivity contribution is -0.137. The van der Waals surface area contributed by atoms with Gasteiger partial charge in [-0.15, -0.1) is 4.95 Å². The fourth-order valence-electron chi connectivity index (χ4n) is 5.07. The summed E-state index contributed by atoms with van der Waals surface area (Å²) in [7, 11) is 0. The molecule has 7 rings (SSSR count). The number of halogens is 3. The molecule has 0 N–H and O–H groups in total. The third-order valence-electron chi connectivity index (χ3n) is 6.75. The van der Waals surface area contributed by atoms with Gasteiger partial charge in [-0.3, -0.25) is 0 Å². The summed E-state index contributed by atoms with van der Waals surface area (Å²) in [6.45, 7) is 9.23. The van der Waals surface area contributed by atoms with E-state index in [1.54, 1.807) is 18.3 Å². The van der Waals surface area contributed by atoms with Crippen LogP contribution in [0.15, 0.2) is 58.6 Å². The molecule has 11 heteroatoms. The van der Waals surface area contributed by atoms with Gasteiger partial charge >= 0.3 is 6.18 Å². The summed E-state index contributed by atoms with van der Waals surface area (Å²) in [6, 6.07) is 12.4. The zero-order valence-electron chi connectivity index (χ0n) is 19.8. The number of benzene rings is 3. The molecule has 2 heterocycles. The SMILES string of the molecule is [C-]#[N+]/N=c1\c2cc(C)ccc2c2nc3cc4nc5c(=NC#N)c6cc(C(F)(F)F)ccc6c5nc4cc3nc12. The Kier molecular flexibility index (Phi) is 4.48. The van der Waals surface area contributed by atoms with Crippen LogP contribution in [0.3, 0.4) is 0 Å². The van der Waals surface area contributed by atoms with Crippen LogP contribution in [-0.2, 0) is 6.18 Å². The summed E-state index contributed by atoms with van der Waals surface area (Å²) >= 11 is 0. The van der Waals surface area contributed by atoms with Gasteiger partial charge in [0.15, 0.2) is 5.36 Å². The number of fused-ring (bicyclic) bond motifs is 8. The molecule has 7 aromatic rings. The summed E-state index contributed by atoms with van der Waals surface area (Å²) in [5, 5.41) is 15.9. The molecule has 39 heavy (non-hydrogen) atoms. The van der Waals surface area contributed by atoms with Crippen molar-refractivity contribution in [1.82, 2.24) is 19.9 Å². The van der Waals surface area contributed by atoms with Gasteiger partial charge in [-0.1, -0.05) is 23.8 Å². The van der Waals surface area contributed by atoms with Crippen molar-refractivity contribution in [2.24, 2.45) is 10.1 Å². The summed E-state index contributed by atoms with van der Waals surface area (Å²) < 4.78 is 40.2. The van der Waals surface area contributed by atoms with Gasteiger partial charge in [0.1, 0.15) is 16.4 Å². The Balaban J connectivity index is 1.59. The van der Waals surface area contributed by atoms with Gasteiger partial charge in [0, 0.05) is 21.5 Å². The molecule has 0 unspecified atom stereocenters. The summed E-state index contributed by atoms with van der Waals surface area (Å²) in [4.78, 5) is 25.9. The van der Waals surface area contributed by atoms with Crippen molar-refractivity contribution in [3.05, 3.63) is 81.9 Å². The van der Waals surface area contributed by atoms with Crippen LogP contribution in [0.1, 0.15) is 11.1 Å². The molecule has 0 atom stereocenters. The number of hydrogen-bond acceptors (Lipinski definition) is 7. The molecule has 0 spiro atoms. The average molecular weight is 516 g/mol. The van der Waals surface area contributed by atoms with Crippen molar-refractivity contribution >= 4 is 65.7 Å². The molecule has 184 valence electrons. The van der Waals surface area contributed by atoms with Crippen molar-refractivity contribution in [1.29, 1.82) is 5.26 Å². The van der Waals surface area contributed by atoms with Crippen LogP contribution in [0.2, 0.25) is 0 Å². The van der Waals surface area contributed by atoms with Crippen LogP contribution in [0, 0.1) is 25.0 Å². The maximum Gasteiger partial charge on any atom is 0.416 e. The molecule has 0 bridgehead atoms. The standard InChI is InChI=1S/C28H11F3N8/c1-12-3-5-14-16(7-12)25(39-33-2)27-24(14)36-19-9-20-18(10-21(19)38-27)35-23-15-6-4-13(28(29,30)31)8-17(15)22(34-11-32)26(23)37-20/h3-10H,1H3/b34-22?,39-25+. The van der Waals surface area contributed by atoms with Crippen molar-refractivity contribution in [2.45, 2.75) is 13.1 Å². The number of hydrogen-bond donors (Lipinski definition) is 0. The molecule has 0 saturated carbocycles. The second kappa shape index (κ2) is 7.73. The highest BCUT2D eigenvalue weighted by Crippen LogP contribution is 2.33. The molecule has 0 saturated heterocycles. The summed E-state index contributed by atoms with van der Waals surface area (Å²) in [6.07, 6.45) is -2.89. The van der Waals surface area contributed by atoms with Crippen LogP contribution in [0.5, 0.6) is 0 Å². The van der Waals surface area contributed by atoms with E-state index in [9.17, 15) is 18.4 Å². The fraction of sp³-hybridized carbons (Fsp3) is 0.0714. The molecule has 0 amide bonds. The van der Waals surface area contributed by atoms with E-state index in [0.717, 1.165) is 28.5 Å². The quantitative estimate of drug-likeness (QED) is 0.115. The lowest BCUT2D eigenvalue weighted by Gasteiger charge is -2.05. The average Bonchev–Trinajstić information content (AvgIpc) is 3.36. The van der Waals surface area contributed by atoms with Gasteiger partial charge in [-0.05, 0) is 37.3 Å². The van der Waals surface area contributed by atoms with Crippen LogP contribution in [0.25, 0.3) is 70.6 Å². The van der Waals surface area contributed by atoms with Gasteiger partial charge in [0.05, 0.1) is 43.8 Å². The molecule has 5 aromatic carbocycles. The second-order valence-corrected chi connectivity index (χ2v) is 9.09. The van der Waals surface area contributed by atoms with Gasteiger partial charge in [0.2, 0.25) is 6.19 Å². The number of rotatable bonds is 0. The van der Waals surface area contributed by atoms with E-state index in [-0.39, 0.29) is 16.3 Å². The van der Waals surface area contributed by atoms with Crippen LogP contribution in [0.4, 0.5) is 13.2 Å². The van der Waals surface area contributed by atoms with E-state index in [1.807, 2.05) is 25.1 Å². The van der Waals surface area contributed by atoms with E-state index in [4.69, 9.17) is 21.5 Å². The number of alkyl halides is 3. The Morgan fingerprint density at radius 1 is 0.744 bits per heavy atom. The maximum atomic E-state index is 13.4. The van der Waals surface area contributed by atoms with E-state index >= 15 is 0 Å². The van der Waals surface area contributed by atoms with Crippen molar-refractivity contribution < 1.29 is 13.2 Å². The van der Waals surface area contributed by atoms with Crippen LogP contribution < -0.4 is 10.7 Å². The fourth-order valence-corrected chi connectivity index (χ4v) is 5.07. The maximum absolute atomic E-state index is 13.4. The first-order chi connectivity index (χ1) is 18.8. The highest BCUT2D eigenvalue weighted by atomic mass is 19.4. The van der Waals surface area contributed by atoms with Gasteiger partial charge < -0.3 is 0 Å². The molecule has 0 aliphatic carbocycles. The monoisotopic (exact) mass is 516 g/mol. The lowest BCUT2D eigenvalue weighted by Crippen LogP contribution is -2.06. The molecule has 0 fully saturated rings. The third-order valence-corrected chi connectivity index (χ3v) is 6.75. The predicted molar refractivity (Wildman–Crippen MR) is 138 cm³/mol. The minimum Gasteiger partial charge on any atom is -0.244 e. The molecule has 2 aromatic heterocycles. The minimum absolute atomic E-state index is 0.0347. The van der Waals surface area contributed by atoms with Crippen molar-refractivity contribution in [3.8, 4) is 6.19 Å². The van der Waals surface area contributed by atoms with E-state index in [0.29, 0.717) is 49.4 Å². The largest absolute Gasteiger partial charge is 0.416 e. The lowest BCUT2D eigenvalue weighted by atomic mass is 10.1. The Morgan fingerprint density at radius 2 is 1.28 bits per heavy atom. The Labute approximate surface area is 215 Å². The number of aromatic nitrogens is 4. The molecule has 0 radical (unpaired) electrons. The first-order valence-corrected chi connectivity index (χ1v) is 11.6. The zero-order valence-corrected chi connectivity index (χ0v) is 19.8. The van der Waals surface area contributed by atoms with Gasteiger partial charge in [-0.2, -0.15) is 30.0 Å². The van der Waals surface area contributed by atoms with E-state index < -0.39 is 11.7 Å². The number of nitriles is 1. The number of nitrogens with zero attached hydrogens (tertiary/aromatic N) is 8. The molecule has 0 aliphatic heterocycles. The molecule has 0 aliphatic rings. The first kappa shape index (κ1) is 22.6. The summed E-state index contributed by atoms with van der Waals surface area (Å²) in [5.41, 5.74) is 3.64. The smallest absolute Gasteiger partial charge is 0.244 e. The van der Waals surface area contributed by atoms with Crippen molar-refractivity contribution in [3.63, 3.8) is 0 Å². The van der Waals surface area contributed by atoms with Crippen LogP contribution >= 0.6 is 0 Å². The van der Waals surface area contributed by atoms with Crippen LogP contribution in [-0.4, -0.2) is 19.9 Å². The Bertz CT molecular complexity index is 2420. The zero-order chi connectivity index (χ0) is 27.1. The second-order valence-electron chi connectivity index (χ2n) is 9.09. The summed E-state index contributed by atoms with van der Waals surface area (Å²) in [5.74, 6) is 0. The van der Waals surface area contributed by atoms with E-state index in [1.165, 1.54) is 6.07 Å². The molecule has 8 nitrogen and oxygen atoms in total. The highest BCUT2D eigenvalue weighted by molar-refractivity contribution is 6.12.